The van der Waals surface area contributed by atoms with Crippen LogP contribution in [0.25, 0.3) is 0 Å². The van der Waals surface area contributed by atoms with Crippen molar-refractivity contribution in [1.82, 2.24) is 9.97 Å². The zero-order valence-corrected chi connectivity index (χ0v) is 9.58. The second-order valence-corrected chi connectivity index (χ2v) is 3.79. The molecule has 1 heterocycles. The molecule has 2 rings (SSSR count). The van der Waals surface area contributed by atoms with Gasteiger partial charge in [-0.2, -0.15) is 0 Å². The third-order valence-corrected chi connectivity index (χ3v) is 2.39. The monoisotopic (exact) mass is 252 g/mol. The highest BCUT2D eigenvalue weighted by Crippen LogP contribution is 2.19. The molecule has 0 saturated heterocycles. The predicted octanol–water partition coefficient (Wildman–Crippen LogP) is 2.46. The van der Waals surface area contributed by atoms with E-state index in [1.165, 1.54) is 12.1 Å². The highest BCUT2D eigenvalue weighted by Gasteiger charge is 2.01. The van der Waals surface area contributed by atoms with Crippen LogP contribution in [0, 0.1) is 5.82 Å². The summed E-state index contributed by atoms with van der Waals surface area (Å²) < 4.78 is 12.9. The molecule has 0 unspecified atom stereocenters. The van der Waals surface area contributed by atoms with Gasteiger partial charge in [-0.15, -0.1) is 0 Å². The number of rotatable bonds is 3. The Morgan fingerprint density at radius 3 is 2.88 bits per heavy atom. The molecule has 6 heteroatoms. The lowest BCUT2D eigenvalue weighted by atomic mass is 10.3. The maximum absolute atomic E-state index is 12.9. The first kappa shape index (κ1) is 11.6. The van der Waals surface area contributed by atoms with Crippen molar-refractivity contribution in [2.45, 2.75) is 6.54 Å². The van der Waals surface area contributed by atoms with E-state index in [1.54, 1.807) is 18.3 Å². The molecule has 1 aromatic heterocycles. The average Bonchev–Trinajstić information content (AvgIpc) is 2.31. The van der Waals surface area contributed by atoms with Crippen LogP contribution in [0.15, 0.2) is 30.5 Å². The number of nitrogens with one attached hydrogen (secondary N) is 1. The minimum absolute atomic E-state index is 0.0727. The van der Waals surface area contributed by atoms with Crippen molar-refractivity contribution in [2.75, 3.05) is 11.1 Å². The van der Waals surface area contributed by atoms with E-state index in [0.29, 0.717) is 23.9 Å². The van der Waals surface area contributed by atoms with Crippen molar-refractivity contribution in [1.29, 1.82) is 0 Å². The lowest BCUT2D eigenvalue weighted by Crippen LogP contribution is -2.05. The molecule has 0 aliphatic rings. The molecule has 0 radical (unpaired) electrons. The number of benzene rings is 1. The predicted molar refractivity (Wildman–Crippen MR) is 65.2 cm³/mol. The second-order valence-electron chi connectivity index (χ2n) is 3.38. The molecule has 0 aliphatic heterocycles. The summed E-state index contributed by atoms with van der Waals surface area (Å²) >= 11 is 5.65. The summed E-state index contributed by atoms with van der Waals surface area (Å²) in [6.07, 6.45) is 1.58. The molecule has 0 aliphatic carbocycles. The molecule has 0 atom stereocenters. The first-order valence-electron chi connectivity index (χ1n) is 4.91. The summed E-state index contributed by atoms with van der Waals surface area (Å²) in [5.74, 6) is 0.525. The van der Waals surface area contributed by atoms with E-state index in [9.17, 15) is 4.39 Å². The van der Waals surface area contributed by atoms with Crippen LogP contribution in [0.5, 0.6) is 0 Å². The van der Waals surface area contributed by atoms with Crippen LogP contribution >= 0.6 is 11.6 Å². The number of halogens is 2. The SMILES string of the molecule is Nc1ccnc(CNc2ccc(F)c(Cl)c2)n1. The largest absolute Gasteiger partial charge is 0.384 e. The Hall–Kier alpha value is -1.88. The molecule has 0 fully saturated rings. The lowest BCUT2D eigenvalue weighted by molar-refractivity contribution is 0.628. The van der Waals surface area contributed by atoms with Crippen LogP contribution in [-0.4, -0.2) is 9.97 Å². The third kappa shape index (κ3) is 3.04. The van der Waals surface area contributed by atoms with E-state index >= 15 is 0 Å². The maximum Gasteiger partial charge on any atom is 0.149 e. The van der Waals surface area contributed by atoms with Gasteiger partial charge in [0.05, 0.1) is 11.6 Å². The summed E-state index contributed by atoms with van der Waals surface area (Å²) in [7, 11) is 0. The molecular formula is C11H10ClFN4. The van der Waals surface area contributed by atoms with E-state index in [1.807, 2.05) is 0 Å². The molecule has 0 spiro atoms. The fraction of sp³-hybridized carbons (Fsp3) is 0.0909. The summed E-state index contributed by atoms with van der Waals surface area (Å²) in [5, 5.41) is 3.10. The Kier molecular flexibility index (Phi) is 3.39. The van der Waals surface area contributed by atoms with Crippen LogP contribution in [-0.2, 0) is 6.54 Å². The number of nitrogens with zero attached hydrogens (tertiary/aromatic N) is 2. The summed E-state index contributed by atoms with van der Waals surface area (Å²) in [4.78, 5) is 8.06. The fourth-order valence-corrected chi connectivity index (χ4v) is 1.47. The van der Waals surface area contributed by atoms with Crippen molar-refractivity contribution in [3.05, 3.63) is 47.1 Å². The van der Waals surface area contributed by atoms with Gasteiger partial charge in [-0.25, -0.2) is 14.4 Å². The van der Waals surface area contributed by atoms with Crippen molar-refractivity contribution in [3.8, 4) is 0 Å². The Morgan fingerprint density at radius 2 is 2.18 bits per heavy atom. The molecule has 0 amide bonds. The van der Waals surface area contributed by atoms with Gasteiger partial charge in [0.2, 0.25) is 0 Å². The number of nitrogens with two attached hydrogens (primary N) is 1. The topological polar surface area (TPSA) is 63.8 Å². The van der Waals surface area contributed by atoms with E-state index < -0.39 is 5.82 Å². The zero-order chi connectivity index (χ0) is 12.3. The standard InChI is InChI=1S/C11H10ClFN4/c12-8-5-7(1-2-9(8)13)16-6-11-15-4-3-10(14)17-11/h1-5,16H,6H2,(H2,14,15,17). The van der Waals surface area contributed by atoms with Crippen molar-refractivity contribution in [2.24, 2.45) is 0 Å². The molecule has 1 aromatic carbocycles. The summed E-state index contributed by atoms with van der Waals surface area (Å²) in [6.45, 7) is 0.396. The van der Waals surface area contributed by atoms with E-state index in [2.05, 4.69) is 15.3 Å². The fourth-order valence-electron chi connectivity index (χ4n) is 1.29. The minimum Gasteiger partial charge on any atom is -0.384 e. The number of nitrogen functional groups attached to an aromatic ring is 1. The Morgan fingerprint density at radius 1 is 1.35 bits per heavy atom. The molecule has 0 saturated carbocycles. The Balaban J connectivity index is 2.05. The molecule has 3 N–H and O–H groups in total. The Bertz CT molecular complexity index is 533. The zero-order valence-electron chi connectivity index (χ0n) is 8.82. The smallest absolute Gasteiger partial charge is 0.149 e. The van der Waals surface area contributed by atoms with Gasteiger partial charge >= 0.3 is 0 Å². The lowest BCUT2D eigenvalue weighted by Gasteiger charge is -2.06. The van der Waals surface area contributed by atoms with E-state index in [4.69, 9.17) is 17.3 Å². The van der Waals surface area contributed by atoms with E-state index in [0.717, 1.165) is 0 Å². The number of anilines is 2. The van der Waals surface area contributed by atoms with Gasteiger partial charge in [-0.3, -0.25) is 0 Å². The summed E-state index contributed by atoms with van der Waals surface area (Å²) in [5.41, 5.74) is 6.22. The quantitative estimate of drug-likeness (QED) is 0.881. The van der Waals surface area contributed by atoms with Gasteiger partial charge < -0.3 is 11.1 Å². The molecule has 88 valence electrons. The van der Waals surface area contributed by atoms with Gasteiger partial charge in [0, 0.05) is 11.9 Å². The van der Waals surface area contributed by atoms with Crippen LogP contribution in [0.4, 0.5) is 15.9 Å². The minimum atomic E-state index is -0.447. The second kappa shape index (κ2) is 4.97. The number of aromatic nitrogens is 2. The number of hydrogen-bond acceptors (Lipinski definition) is 4. The van der Waals surface area contributed by atoms with Crippen molar-refractivity contribution < 1.29 is 4.39 Å². The molecular weight excluding hydrogens is 243 g/mol. The normalized spacial score (nSPS) is 10.2. The van der Waals surface area contributed by atoms with Crippen molar-refractivity contribution in [3.63, 3.8) is 0 Å². The van der Waals surface area contributed by atoms with Crippen LogP contribution in [0.2, 0.25) is 5.02 Å². The van der Waals surface area contributed by atoms with Gasteiger partial charge in [-0.05, 0) is 24.3 Å². The van der Waals surface area contributed by atoms with Crippen LogP contribution in [0.3, 0.4) is 0 Å². The molecule has 0 bridgehead atoms. The van der Waals surface area contributed by atoms with Gasteiger partial charge in [0.25, 0.3) is 0 Å². The summed E-state index contributed by atoms with van der Waals surface area (Å²) in [6, 6.07) is 6.00. The number of hydrogen-bond donors (Lipinski definition) is 2. The first-order chi connectivity index (χ1) is 8.15. The maximum atomic E-state index is 12.9. The average molecular weight is 253 g/mol. The molecule has 2 aromatic rings. The van der Waals surface area contributed by atoms with Crippen LogP contribution < -0.4 is 11.1 Å². The highest BCUT2D eigenvalue weighted by molar-refractivity contribution is 6.31. The third-order valence-electron chi connectivity index (χ3n) is 2.10. The highest BCUT2D eigenvalue weighted by atomic mass is 35.5. The van der Waals surface area contributed by atoms with E-state index in [-0.39, 0.29) is 5.02 Å². The van der Waals surface area contributed by atoms with Crippen LogP contribution in [0.1, 0.15) is 5.82 Å². The molecule has 17 heavy (non-hydrogen) atoms. The molecule has 4 nitrogen and oxygen atoms in total. The van der Waals surface area contributed by atoms with Gasteiger partial charge in [-0.1, -0.05) is 11.6 Å². The van der Waals surface area contributed by atoms with Crippen molar-refractivity contribution >= 4 is 23.1 Å². The van der Waals surface area contributed by atoms with Gasteiger partial charge in [0.15, 0.2) is 0 Å². The Labute approximate surface area is 103 Å². The van der Waals surface area contributed by atoms with Gasteiger partial charge in [0.1, 0.15) is 17.5 Å². The first-order valence-corrected chi connectivity index (χ1v) is 5.29.